The van der Waals surface area contributed by atoms with Gasteiger partial charge in [-0.05, 0) is 59.8 Å². The SMILES string of the molecule is CSc1ccc(S(=O)(=O)NCc2ccc(OCc3ccc(F)cc3)cc2)cc1NC(C)=O. The zero-order valence-corrected chi connectivity index (χ0v) is 19.2. The average molecular weight is 475 g/mol. The van der Waals surface area contributed by atoms with E-state index in [1.165, 1.54) is 43.0 Å². The van der Waals surface area contributed by atoms with Crippen LogP contribution in [0.3, 0.4) is 0 Å². The third-order valence-electron chi connectivity index (χ3n) is 4.50. The van der Waals surface area contributed by atoms with Gasteiger partial charge >= 0.3 is 0 Å². The smallest absolute Gasteiger partial charge is 0.240 e. The highest BCUT2D eigenvalue weighted by Crippen LogP contribution is 2.28. The topological polar surface area (TPSA) is 84.5 Å². The number of carbonyl (C=O) groups excluding carboxylic acids is 1. The Kier molecular flexibility index (Phi) is 7.89. The number of thioether (sulfide) groups is 1. The predicted octanol–water partition coefficient (Wildman–Crippen LogP) is 4.56. The summed E-state index contributed by atoms with van der Waals surface area (Å²) in [6.45, 7) is 1.77. The molecule has 0 unspecified atom stereocenters. The molecule has 3 aromatic carbocycles. The number of halogens is 1. The second-order valence-electron chi connectivity index (χ2n) is 6.93. The highest BCUT2D eigenvalue weighted by atomic mass is 32.2. The van der Waals surface area contributed by atoms with Crippen molar-refractivity contribution in [2.75, 3.05) is 11.6 Å². The standard InChI is InChI=1S/C23H23FN2O4S2/c1-16(27)26-22-13-21(11-12-23(22)31-2)32(28,29)25-14-17-5-9-20(10-6-17)30-15-18-3-7-19(24)8-4-18/h3-13,25H,14-15H2,1-2H3,(H,26,27). The lowest BCUT2D eigenvalue weighted by molar-refractivity contribution is -0.114. The van der Waals surface area contributed by atoms with Crippen LogP contribution < -0.4 is 14.8 Å². The van der Waals surface area contributed by atoms with Gasteiger partial charge in [0, 0.05) is 18.4 Å². The first kappa shape index (κ1) is 23.8. The normalized spacial score (nSPS) is 11.2. The Morgan fingerprint density at radius 1 is 1.00 bits per heavy atom. The number of sulfonamides is 1. The lowest BCUT2D eigenvalue weighted by Gasteiger charge is -2.12. The molecule has 0 fully saturated rings. The molecule has 1 amide bonds. The van der Waals surface area contributed by atoms with Crippen molar-refractivity contribution in [2.45, 2.75) is 29.9 Å². The Hall–Kier alpha value is -2.88. The van der Waals surface area contributed by atoms with Crippen molar-refractivity contribution >= 4 is 33.4 Å². The summed E-state index contributed by atoms with van der Waals surface area (Å²) in [5.74, 6) is 0.0465. The maximum absolute atomic E-state index is 13.0. The van der Waals surface area contributed by atoms with E-state index in [2.05, 4.69) is 10.0 Å². The molecule has 9 heteroatoms. The molecular formula is C23H23FN2O4S2. The van der Waals surface area contributed by atoms with Gasteiger partial charge in [-0.1, -0.05) is 24.3 Å². The molecule has 0 heterocycles. The van der Waals surface area contributed by atoms with Crippen molar-refractivity contribution in [1.82, 2.24) is 4.72 Å². The summed E-state index contributed by atoms with van der Waals surface area (Å²) in [5.41, 5.74) is 2.05. The molecule has 3 rings (SSSR count). The van der Waals surface area contributed by atoms with E-state index >= 15 is 0 Å². The molecule has 0 saturated heterocycles. The third-order valence-corrected chi connectivity index (χ3v) is 6.70. The number of nitrogens with one attached hydrogen (secondary N) is 2. The summed E-state index contributed by atoms with van der Waals surface area (Å²) >= 11 is 1.41. The maximum atomic E-state index is 13.0. The van der Waals surface area contributed by atoms with Gasteiger partial charge in [-0.3, -0.25) is 4.79 Å². The van der Waals surface area contributed by atoms with E-state index in [4.69, 9.17) is 4.74 Å². The molecule has 3 aromatic rings. The Balaban J connectivity index is 1.61. The number of rotatable bonds is 9. The average Bonchev–Trinajstić information content (AvgIpc) is 2.77. The number of carbonyl (C=O) groups is 1. The van der Waals surface area contributed by atoms with Crippen LogP contribution in [0, 0.1) is 5.82 Å². The van der Waals surface area contributed by atoms with Gasteiger partial charge in [-0.2, -0.15) is 0 Å². The minimum absolute atomic E-state index is 0.0679. The van der Waals surface area contributed by atoms with Crippen molar-refractivity contribution < 1.29 is 22.3 Å². The fraction of sp³-hybridized carbons (Fsp3) is 0.174. The van der Waals surface area contributed by atoms with Gasteiger partial charge in [-0.25, -0.2) is 17.5 Å². The predicted molar refractivity (Wildman–Crippen MR) is 124 cm³/mol. The summed E-state index contributed by atoms with van der Waals surface area (Å²) in [6.07, 6.45) is 1.85. The van der Waals surface area contributed by atoms with Crippen LogP contribution in [0.2, 0.25) is 0 Å². The molecule has 6 nitrogen and oxygen atoms in total. The minimum atomic E-state index is -3.77. The monoisotopic (exact) mass is 474 g/mol. The molecule has 0 aliphatic rings. The van der Waals surface area contributed by atoms with Crippen LogP contribution in [0.15, 0.2) is 76.5 Å². The fourth-order valence-electron chi connectivity index (χ4n) is 2.85. The minimum Gasteiger partial charge on any atom is -0.489 e. The van der Waals surface area contributed by atoms with E-state index < -0.39 is 10.0 Å². The molecule has 32 heavy (non-hydrogen) atoms. The molecule has 0 saturated carbocycles. The fourth-order valence-corrected chi connectivity index (χ4v) is 4.43. The molecule has 0 spiro atoms. The Labute approximate surface area is 191 Å². The zero-order valence-electron chi connectivity index (χ0n) is 17.6. The molecule has 0 radical (unpaired) electrons. The van der Waals surface area contributed by atoms with Gasteiger partial charge in [0.15, 0.2) is 0 Å². The number of hydrogen-bond acceptors (Lipinski definition) is 5. The van der Waals surface area contributed by atoms with Crippen LogP contribution in [0.5, 0.6) is 5.75 Å². The Bertz CT molecular complexity index is 1180. The first-order valence-electron chi connectivity index (χ1n) is 9.68. The largest absolute Gasteiger partial charge is 0.489 e. The van der Waals surface area contributed by atoms with Crippen LogP contribution in [-0.2, 0) is 28.0 Å². The number of ether oxygens (including phenoxy) is 1. The second kappa shape index (κ2) is 10.6. The van der Waals surface area contributed by atoms with Crippen molar-refractivity contribution in [2.24, 2.45) is 0 Å². The zero-order chi connectivity index (χ0) is 23.1. The summed E-state index contributed by atoms with van der Waals surface area (Å²) in [6, 6.07) is 17.7. The summed E-state index contributed by atoms with van der Waals surface area (Å²) in [4.78, 5) is 12.3. The first-order valence-corrected chi connectivity index (χ1v) is 12.4. The van der Waals surface area contributed by atoms with Crippen LogP contribution in [-0.4, -0.2) is 20.6 Å². The van der Waals surface area contributed by atoms with Gasteiger partial charge in [0.2, 0.25) is 15.9 Å². The summed E-state index contributed by atoms with van der Waals surface area (Å²) < 4.78 is 46.6. The molecule has 0 bridgehead atoms. The van der Waals surface area contributed by atoms with E-state index in [1.807, 2.05) is 6.26 Å². The van der Waals surface area contributed by atoms with Gasteiger partial charge in [0.25, 0.3) is 0 Å². The highest BCUT2D eigenvalue weighted by Gasteiger charge is 2.16. The Morgan fingerprint density at radius 3 is 2.28 bits per heavy atom. The molecule has 2 N–H and O–H groups in total. The molecule has 0 atom stereocenters. The molecule has 0 aromatic heterocycles. The molecule has 0 aliphatic carbocycles. The Morgan fingerprint density at radius 2 is 1.66 bits per heavy atom. The van der Waals surface area contributed by atoms with E-state index in [1.54, 1.807) is 42.5 Å². The van der Waals surface area contributed by atoms with Crippen LogP contribution in [0.1, 0.15) is 18.1 Å². The van der Waals surface area contributed by atoms with Gasteiger partial charge in [0.1, 0.15) is 18.2 Å². The maximum Gasteiger partial charge on any atom is 0.240 e. The van der Waals surface area contributed by atoms with Gasteiger partial charge in [-0.15, -0.1) is 11.8 Å². The first-order chi connectivity index (χ1) is 15.3. The molecular weight excluding hydrogens is 451 g/mol. The number of anilines is 1. The summed E-state index contributed by atoms with van der Waals surface area (Å²) in [7, 11) is -3.77. The lowest BCUT2D eigenvalue weighted by Crippen LogP contribution is -2.23. The van der Waals surface area contributed by atoms with Gasteiger partial charge in [0.05, 0.1) is 10.6 Å². The van der Waals surface area contributed by atoms with Crippen molar-refractivity contribution in [3.63, 3.8) is 0 Å². The summed E-state index contributed by atoms with van der Waals surface area (Å²) in [5, 5.41) is 2.66. The molecule has 0 aliphatic heterocycles. The second-order valence-corrected chi connectivity index (χ2v) is 9.54. The number of amides is 1. The van der Waals surface area contributed by atoms with Crippen molar-refractivity contribution in [1.29, 1.82) is 0 Å². The van der Waals surface area contributed by atoms with Crippen molar-refractivity contribution in [3.8, 4) is 5.75 Å². The van der Waals surface area contributed by atoms with E-state index in [0.717, 1.165) is 16.0 Å². The number of benzene rings is 3. The number of hydrogen-bond donors (Lipinski definition) is 2. The quantitative estimate of drug-likeness (QED) is 0.444. The van der Waals surface area contributed by atoms with Gasteiger partial charge < -0.3 is 10.1 Å². The van der Waals surface area contributed by atoms with Crippen molar-refractivity contribution in [3.05, 3.63) is 83.7 Å². The van der Waals surface area contributed by atoms with E-state index in [0.29, 0.717) is 18.0 Å². The highest BCUT2D eigenvalue weighted by molar-refractivity contribution is 7.98. The third kappa shape index (κ3) is 6.56. The van der Waals surface area contributed by atoms with E-state index in [-0.39, 0.29) is 23.2 Å². The van der Waals surface area contributed by atoms with Crippen LogP contribution in [0.4, 0.5) is 10.1 Å². The van der Waals surface area contributed by atoms with Crippen LogP contribution in [0.25, 0.3) is 0 Å². The van der Waals surface area contributed by atoms with E-state index in [9.17, 15) is 17.6 Å². The lowest BCUT2D eigenvalue weighted by atomic mass is 10.2. The van der Waals surface area contributed by atoms with Crippen LogP contribution >= 0.6 is 11.8 Å². The molecule has 168 valence electrons.